The van der Waals surface area contributed by atoms with Crippen LogP contribution in [0, 0.1) is 0 Å². The number of rotatable bonds is 4. The summed E-state index contributed by atoms with van der Waals surface area (Å²) in [5.74, 6) is 1.89. The fourth-order valence-corrected chi connectivity index (χ4v) is 3.09. The molecule has 142 valence electrons. The van der Waals surface area contributed by atoms with Crippen molar-refractivity contribution in [1.82, 2.24) is 4.98 Å². The summed E-state index contributed by atoms with van der Waals surface area (Å²) in [6.07, 6.45) is 3.67. The molecule has 4 N–H and O–H groups in total. The van der Waals surface area contributed by atoms with E-state index in [0.717, 1.165) is 35.5 Å². The summed E-state index contributed by atoms with van der Waals surface area (Å²) in [4.78, 5) is 7.66. The molecule has 0 radical (unpaired) electrons. The average molecular weight is 478 g/mol. The van der Waals surface area contributed by atoms with Gasteiger partial charge in [-0.3, -0.25) is 4.99 Å². The summed E-state index contributed by atoms with van der Waals surface area (Å²) in [5, 5.41) is 4.35. The maximum atomic E-state index is 6.03. The second kappa shape index (κ2) is 8.98. The van der Waals surface area contributed by atoms with Crippen molar-refractivity contribution < 1.29 is 9.47 Å². The highest BCUT2D eigenvalue weighted by molar-refractivity contribution is 14.0. The van der Waals surface area contributed by atoms with Crippen LogP contribution in [0.3, 0.4) is 0 Å². The van der Waals surface area contributed by atoms with Gasteiger partial charge in [0.1, 0.15) is 0 Å². The number of ether oxygens (including phenoxy) is 2. The van der Waals surface area contributed by atoms with Gasteiger partial charge in [-0.15, -0.1) is 24.0 Å². The van der Waals surface area contributed by atoms with Crippen LogP contribution in [0.1, 0.15) is 12.0 Å². The number of aromatic amines is 1. The topological polar surface area (TPSA) is 84.7 Å². The van der Waals surface area contributed by atoms with Gasteiger partial charge in [-0.1, -0.05) is 12.1 Å². The Hall–Kier alpha value is -2.42. The average Bonchev–Trinajstić information content (AvgIpc) is 3.01. The van der Waals surface area contributed by atoms with Crippen molar-refractivity contribution in [2.24, 2.45) is 10.7 Å². The number of benzene rings is 2. The third kappa shape index (κ3) is 4.65. The fourth-order valence-electron chi connectivity index (χ4n) is 3.09. The number of hydrogen-bond acceptors (Lipinski definition) is 3. The molecule has 0 atom stereocenters. The molecule has 0 saturated heterocycles. The number of nitrogens with zero attached hydrogens (tertiary/aromatic N) is 1. The van der Waals surface area contributed by atoms with Crippen LogP contribution in [0.15, 0.2) is 53.7 Å². The predicted octanol–water partition coefficient (Wildman–Crippen LogP) is 3.92. The van der Waals surface area contributed by atoms with E-state index in [0.29, 0.717) is 25.7 Å². The second-order valence-electron chi connectivity index (χ2n) is 6.21. The third-order valence-electron chi connectivity index (χ3n) is 4.37. The monoisotopic (exact) mass is 478 g/mol. The number of anilines is 1. The number of aromatic nitrogens is 1. The second-order valence-corrected chi connectivity index (χ2v) is 6.21. The minimum atomic E-state index is 0. The van der Waals surface area contributed by atoms with Gasteiger partial charge in [0.2, 0.25) is 0 Å². The Bertz CT molecular complexity index is 939. The first-order valence-corrected chi connectivity index (χ1v) is 8.81. The highest BCUT2D eigenvalue weighted by Gasteiger charge is 2.10. The van der Waals surface area contributed by atoms with E-state index in [1.54, 1.807) is 0 Å². The molecule has 0 unspecified atom stereocenters. The Morgan fingerprint density at radius 1 is 1.11 bits per heavy atom. The van der Waals surface area contributed by atoms with E-state index < -0.39 is 0 Å². The lowest BCUT2D eigenvalue weighted by Crippen LogP contribution is -2.23. The lowest BCUT2D eigenvalue weighted by Gasteiger charge is -2.10. The summed E-state index contributed by atoms with van der Waals surface area (Å²) in [5.41, 5.74) is 9.27. The summed E-state index contributed by atoms with van der Waals surface area (Å²) in [7, 11) is 0. The zero-order chi connectivity index (χ0) is 17.8. The third-order valence-corrected chi connectivity index (χ3v) is 4.37. The molecule has 27 heavy (non-hydrogen) atoms. The van der Waals surface area contributed by atoms with Crippen LogP contribution in [0.25, 0.3) is 10.9 Å². The Balaban J connectivity index is 0.00000210. The van der Waals surface area contributed by atoms with Gasteiger partial charge >= 0.3 is 0 Å². The van der Waals surface area contributed by atoms with Crippen molar-refractivity contribution in [3.63, 3.8) is 0 Å². The van der Waals surface area contributed by atoms with E-state index in [-0.39, 0.29) is 24.0 Å². The number of halogens is 1. The van der Waals surface area contributed by atoms with Crippen molar-refractivity contribution in [3.05, 3.63) is 54.2 Å². The standard InChI is InChI=1S/C20H22N4O2.HI/c21-20(23-9-7-14-3-1-4-17-16(14)8-10-22-17)24-15-5-6-18-19(13-15)26-12-2-11-25-18;/h1,3-6,8,10,13,22H,2,7,9,11-12H2,(H3,21,23,24);1H. The number of fused-ring (bicyclic) bond motifs is 2. The molecule has 1 aromatic heterocycles. The molecule has 4 rings (SSSR count). The first-order chi connectivity index (χ1) is 12.8. The van der Waals surface area contributed by atoms with Crippen molar-refractivity contribution in [1.29, 1.82) is 0 Å². The van der Waals surface area contributed by atoms with Crippen LogP contribution in [-0.2, 0) is 6.42 Å². The Labute approximate surface area is 175 Å². The van der Waals surface area contributed by atoms with E-state index in [1.807, 2.05) is 24.4 Å². The molecule has 2 aromatic carbocycles. The zero-order valence-electron chi connectivity index (χ0n) is 14.9. The molecule has 1 aliphatic rings. The van der Waals surface area contributed by atoms with Gasteiger partial charge in [0, 0.05) is 41.8 Å². The Kier molecular flexibility index (Phi) is 6.44. The normalized spacial score (nSPS) is 13.7. The van der Waals surface area contributed by atoms with Gasteiger partial charge < -0.3 is 25.5 Å². The minimum Gasteiger partial charge on any atom is -0.490 e. The van der Waals surface area contributed by atoms with E-state index >= 15 is 0 Å². The SMILES string of the molecule is I.NC(=NCCc1cccc2[nH]ccc12)Nc1ccc2c(c1)OCCCO2. The van der Waals surface area contributed by atoms with Gasteiger partial charge in [0.05, 0.1) is 13.2 Å². The maximum absolute atomic E-state index is 6.03. The summed E-state index contributed by atoms with van der Waals surface area (Å²) in [6.45, 7) is 1.95. The molecule has 3 aromatic rings. The molecule has 2 heterocycles. The van der Waals surface area contributed by atoms with Gasteiger partial charge in [-0.05, 0) is 36.2 Å². The lowest BCUT2D eigenvalue weighted by molar-refractivity contribution is 0.297. The summed E-state index contributed by atoms with van der Waals surface area (Å²) < 4.78 is 11.3. The first-order valence-electron chi connectivity index (χ1n) is 8.81. The van der Waals surface area contributed by atoms with Crippen LogP contribution in [0.2, 0.25) is 0 Å². The molecule has 0 bridgehead atoms. The number of nitrogens with two attached hydrogens (primary N) is 1. The summed E-state index contributed by atoms with van der Waals surface area (Å²) in [6, 6.07) is 14.0. The molecule has 0 amide bonds. The van der Waals surface area contributed by atoms with Crippen LogP contribution in [0.4, 0.5) is 5.69 Å². The number of aliphatic imine (C=N–C) groups is 1. The number of H-pyrrole nitrogens is 1. The number of nitrogens with one attached hydrogen (secondary N) is 2. The number of guanidine groups is 1. The first kappa shape index (κ1) is 19.3. The Morgan fingerprint density at radius 3 is 2.85 bits per heavy atom. The van der Waals surface area contributed by atoms with Crippen LogP contribution >= 0.6 is 24.0 Å². The van der Waals surface area contributed by atoms with Gasteiger partial charge in [-0.2, -0.15) is 0 Å². The van der Waals surface area contributed by atoms with Crippen molar-refractivity contribution in [2.75, 3.05) is 25.1 Å². The maximum Gasteiger partial charge on any atom is 0.193 e. The number of hydrogen-bond donors (Lipinski definition) is 3. The van der Waals surface area contributed by atoms with E-state index in [2.05, 4.69) is 39.6 Å². The summed E-state index contributed by atoms with van der Waals surface area (Å²) >= 11 is 0. The predicted molar refractivity (Wildman–Crippen MR) is 120 cm³/mol. The largest absolute Gasteiger partial charge is 0.490 e. The molecule has 0 saturated carbocycles. The molecular weight excluding hydrogens is 455 g/mol. The van der Waals surface area contributed by atoms with Crippen LogP contribution in [-0.4, -0.2) is 30.7 Å². The molecule has 6 nitrogen and oxygen atoms in total. The highest BCUT2D eigenvalue weighted by atomic mass is 127. The highest BCUT2D eigenvalue weighted by Crippen LogP contribution is 2.32. The molecule has 0 aliphatic carbocycles. The van der Waals surface area contributed by atoms with Crippen LogP contribution in [0.5, 0.6) is 11.5 Å². The van der Waals surface area contributed by atoms with E-state index in [1.165, 1.54) is 10.9 Å². The van der Waals surface area contributed by atoms with Gasteiger partial charge in [0.25, 0.3) is 0 Å². The molecule has 1 aliphatic heterocycles. The van der Waals surface area contributed by atoms with E-state index in [9.17, 15) is 0 Å². The minimum absolute atomic E-state index is 0. The Morgan fingerprint density at radius 2 is 1.96 bits per heavy atom. The molecular formula is C20H23IN4O2. The lowest BCUT2D eigenvalue weighted by atomic mass is 10.1. The molecule has 7 heteroatoms. The van der Waals surface area contributed by atoms with Crippen molar-refractivity contribution in [3.8, 4) is 11.5 Å². The van der Waals surface area contributed by atoms with Gasteiger partial charge in [-0.25, -0.2) is 0 Å². The van der Waals surface area contributed by atoms with Crippen molar-refractivity contribution >= 4 is 46.5 Å². The zero-order valence-corrected chi connectivity index (χ0v) is 17.2. The van der Waals surface area contributed by atoms with Crippen LogP contribution < -0.4 is 20.5 Å². The molecule has 0 fully saturated rings. The van der Waals surface area contributed by atoms with Gasteiger partial charge in [0.15, 0.2) is 17.5 Å². The van der Waals surface area contributed by atoms with Crippen molar-refractivity contribution in [2.45, 2.75) is 12.8 Å². The molecule has 0 spiro atoms. The smallest absolute Gasteiger partial charge is 0.193 e. The fraction of sp³-hybridized carbons (Fsp3) is 0.250. The quantitative estimate of drug-likeness (QED) is 0.302. The van der Waals surface area contributed by atoms with E-state index in [4.69, 9.17) is 15.2 Å².